The van der Waals surface area contributed by atoms with E-state index >= 15 is 0 Å². The van der Waals surface area contributed by atoms with E-state index in [-0.39, 0.29) is 25.7 Å². The van der Waals surface area contributed by atoms with Crippen molar-refractivity contribution in [1.29, 1.82) is 0 Å². The van der Waals surface area contributed by atoms with E-state index in [4.69, 9.17) is 4.98 Å². The topological polar surface area (TPSA) is 78.6 Å². The molecule has 0 saturated heterocycles. The van der Waals surface area contributed by atoms with E-state index < -0.39 is 5.41 Å². The van der Waals surface area contributed by atoms with Crippen LogP contribution in [-0.4, -0.2) is 57.4 Å². The van der Waals surface area contributed by atoms with Crippen molar-refractivity contribution < 1.29 is 15.0 Å². The Hall–Kier alpha value is -1.92. The lowest BCUT2D eigenvalue weighted by atomic mass is 9.92. The van der Waals surface area contributed by atoms with Gasteiger partial charge in [0.2, 0.25) is 5.91 Å². The second-order valence-electron chi connectivity index (χ2n) is 7.20. The molecule has 0 spiro atoms. The van der Waals surface area contributed by atoms with Crippen LogP contribution in [0.1, 0.15) is 31.5 Å². The number of carbonyl (C=O) groups excluding carboxylic acids is 1. The maximum Gasteiger partial charge on any atom is 0.242 e. The molecule has 0 bridgehead atoms. The number of aliphatic hydroxyl groups is 2. The van der Waals surface area contributed by atoms with Gasteiger partial charge < -0.3 is 19.7 Å². The number of likely N-dealkylation sites (N-methyl/N-ethyl adjacent to an activating group) is 1. The average molecular weight is 331 g/mol. The van der Waals surface area contributed by atoms with Crippen LogP contribution < -0.4 is 0 Å². The lowest BCUT2D eigenvalue weighted by molar-refractivity contribution is -0.132. The van der Waals surface area contributed by atoms with Crippen LogP contribution in [0.25, 0.3) is 11.0 Å². The first-order valence-electron chi connectivity index (χ1n) is 8.38. The van der Waals surface area contributed by atoms with Crippen LogP contribution in [0, 0.1) is 5.41 Å². The predicted octanol–water partition coefficient (Wildman–Crippen LogP) is 1.36. The largest absolute Gasteiger partial charge is 0.396 e. The zero-order valence-electron chi connectivity index (χ0n) is 14.3. The number of amides is 1. The monoisotopic (exact) mass is 331 g/mol. The molecule has 0 aliphatic heterocycles. The van der Waals surface area contributed by atoms with Gasteiger partial charge in [-0.2, -0.15) is 0 Å². The van der Waals surface area contributed by atoms with Crippen LogP contribution in [0.2, 0.25) is 0 Å². The molecule has 1 amide bonds. The van der Waals surface area contributed by atoms with Gasteiger partial charge in [-0.25, -0.2) is 4.98 Å². The van der Waals surface area contributed by atoms with Gasteiger partial charge in [0, 0.05) is 24.9 Å². The molecule has 3 rings (SSSR count). The summed E-state index contributed by atoms with van der Waals surface area (Å²) in [5.74, 6) is 1.40. The third kappa shape index (κ3) is 3.30. The van der Waals surface area contributed by atoms with Crippen molar-refractivity contribution in [3.05, 3.63) is 30.1 Å². The number of fused-ring (bicyclic) bond motifs is 1. The molecule has 1 aliphatic rings. The lowest BCUT2D eigenvalue weighted by Gasteiger charge is -2.30. The van der Waals surface area contributed by atoms with Crippen LogP contribution in [0.5, 0.6) is 0 Å². The van der Waals surface area contributed by atoms with Gasteiger partial charge in [-0.1, -0.05) is 19.1 Å². The maximum absolute atomic E-state index is 12.7. The molecule has 1 saturated carbocycles. The molecule has 0 radical (unpaired) electrons. The number of hydrogen-bond acceptors (Lipinski definition) is 4. The van der Waals surface area contributed by atoms with Crippen LogP contribution in [0.15, 0.2) is 24.3 Å². The molecule has 2 N–H and O–H groups in total. The minimum Gasteiger partial charge on any atom is -0.396 e. The summed E-state index contributed by atoms with van der Waals surface area (Å²) in [5.41, 5.74) is 1.21. The Kier molecular flexibility index (Phi) is 4.60. The van der Waals surface area contributed by atoms with Gasteiger partial charge in [0.25, 0.3) is 0 Å². The summed E-state index contributed by atoms with van der Waals surface area (Å²) in [4.78, 5) is 19.0. The molecule has 2 aromatic rings. The van der Waals surface area contributed by atoms with Gasteiger partial charge in [-0.15, -0.1) is 0 Å². The highest BCUT2D eigenvalue weighted by Gasteiger charge is 2.31. The zero-order chi connectivity index (χ0) is 17.3. The number of carbonyl (C=O) groups is 1. The molecule has 1 aromatic carbocycles. The van der Waals surface area contributed by atoms with Crippen molar-refractivity contribution in [3.63, 3.8) is 0 Å². The first kappa shape index (κ1) is 16.9. The number of nitrogens with zero attached hydrogens (tertiary/aromatic N) is 3. The number of benzene rings is 1. The second kappa shape index (κ2) is 6.53. The van der Waals surface area contributed by atoms with E-state index in [9.17, 15) is 15.0 Å². The number of aliphatic hydroxyl groups excluding tert-OH is 2. The summed E-state index contributed by atoms with van der Waals surface area (Å²) in [6, 6.07) is 7.88. The van der Waals surface area contributed by atoms with Crippen LogP contribution >= 0.6 is 0 Å². The molecule has 6 heteroatoms. The molecule has 24 heavy (non-hydrogen) atoms. The summed E-state index contributed by atoms with van der Waals surface area (Å²) < 4.78 is 2.01. The fourth-order valence-corrected chi connectivity index (χ4v) is 2.98. The Morgan fingerprint density at radius 2 is 2.00 bits per heavy atom. The third-order valence-electron chi connectivity index (χ3n) is 4.73. The van der Waals surface area contributed by atoms with Gasteiger partial charge in [0.05, 0.1) is 24.2 Å². The van der Waals surface area contributed by atoms with E-state index in [1.54, 1.807) is 18.9 Å². The molecule has 0 unspecified atom stereocenters. The molecular formula is C18H25N3O3. The first-order valence-corrected chi connectivity index (χ1v) is 8.38. The lowest BCUT2D eigenvalue weighted by Crippen LogP contribution is -2.42. The fraction of sp³-hybridized carbons (Fsp3) is 0.556. The third-order valence-corrected chi connectivity index (χ3v) is 4.73. The van der Waals surface area contributed by atoms with Gasteiger partial charge in [0.1, 0.15) is 12.4 Å². The number of para-hydroxylation sites is 2. The van der Waals surface area contributed by atoms with Crippen LogP contribution in [0.4, 0.5) is 0 Å². The zero-order valence-corrected chi connectivity index (χ0v) is 14.3. The summed E-state index contributed by atoms with van der Waals surface area (Å²) in [6.07, 6.45) is 2.25. The molecule has 6 nitrogen and oxygen atoms in total. The Morgan fingerprint density at radius 3 is 2.62 bits per heavy atom. The summed E-state index contributed by atoms with van der Waals surface area (Å²) in [6.45, 7) is 1.98. The number of aromatic nitrogens is 2. The first-order chi connectivity index (χ1) is 11.5. The molecule has 1 fully saturated rings. The minimum atomic E-state index is -0.694. The van der Waals surface area contributed by atoms with E-state index in [0.717, 1.165) is 29.7 Å². The smallest absolute Gasteiger partial charge is 0.242 e. The highest BCUT2D eigenvalue weighted by atomic mass is 16.3. The van der Waals surface area contributed by atoms with E-state index in [2.05, 4.69) is 0 Å². The molecule has 130 valence electrons. The van der Waals surface area contributed by atoms with Crippen molar-refractivity contribution in [2.45, 2.75) is 32.2 Å². The molecular weight excluding hydrogens is 306 g/mol. The minimum absolute atomic E-state index is 0.0480. The van der Waals surface area contributed by atoms with E-state index in [1.165, 1.54) is 0 Å². The molecule has 1 aromatic heterocycles. The Bertz CT molecular complexity index is 732. The number of rotatable bonds is 7. The second-order valence-corrected chi connectivity index (χ2v) is 7.20. The van der Waals surface area contributed by atoms with Crippen molar-refractivity contribution >= 4 is 16.9 Å². The van der Waals surface area contributed by atoms with Gasteiger partial charge in [-0.05, 0) is 25.0 Å². The highest BCUT2D eigenvalue weighted by Crippen LogP contribution is 2.40. The van der Waals surface area contributed by atoms with Crippen molar-refractivity contribution in [2.75, 3.05) is 26.8 Å². The van der Waals surface area contributed by atoms with E-state index in [1.807, 2.05) is 28.8 Å². The SMILES string of the molecule is CN(CC(C)(CO)CO)C(=O)Cn1c(C2CC2)nc2ccccc21. The van der Waals surface area contributed by atoms with Crippen molar-refractivity contribution in [2.24, 2.45) is 5.41 Å². The maximum atomic E-state index is 12.7. The van der Waals surface area contributed by atoms with Gasteiger partial charge >= 0.3 is 0 Å². The van der Waals surface area contributed by atoms with Crippen molar-refractivity contribution in [3.8, 4) is 0 Å². The summed E-state index contributed by atoms with van der Waals surface area (Å²) in [5, 5.41) is 18.9. The van der Waals surface area contributed by atoms with Gasteiger partial charge in [-0.3, -0.25) is 4.79 Å². The summed E-state index contributed by atoms with van der Waals surface area (Å²) >= 11 is 0. The molecule has 1 heterocycles. The molecule has 0 atom stereocenters. The fourth-order valence-electron chi connectivity index (χ4n) is 2.98. The van der Waals surface area contributed by atoms with Crippen molar-refractivity contribution in [1.82, 2.24) is 14.5 Å². The van der Waals surface area contributed by atoms with Crippen LogP contribution in [-0.2, 0) is 11.3 Å². The predicted molar refractivity (Wildman–Crippen MR) is 91.6 cm³/mol. The average Bonchev–Trinajstić information content (AvgIpc) is 3.37. The Labute approximate surface area is 141 Å². The quantitative estimate of drug-likeness (QED) is 0.803. The standard InChI is InChI=1S/C18H25N3O3/c1-18(11-22,12-23)10-20(2)16(24)9-21-15-6-4-3-5-14(15)19-17(21)13-7-8-13/h3-6,13,22-23H,7-12H2,1-2H3. The summed E-state index contributed by atoms with van der Waals surface area (Å²) in [7, 11) is 1.71. The normalized spacial score (nSPS) is 15.0. The molecule has 1 aliphatic carbocycles. The Morgan fingerprint density at radius 1 is 1.33 bits per heavy atom. The number of imidazole rings is 1. The van der Waals surface area contributed by atoms with Gasteiger partial charge in [0.15, 0.2) is 0 Å². The van der Waals surface area contributed by atoms with Crippen LogP contribution in [0.3, 0.4) is 0 Å². The van der Waals surface area contributed by atoms with E-state index in [0.29, 0.717) is 12.5 Å². The highest BCUT2D eigenvalue weighted by molar-refractivity contribution is 5.81. The number of hydrogen-bond donors (Lipinski definition) is 2. The Balaban J connectivity index is 1.81.